The highest BCUT2D eigenvalue weighted by molar-refractivity contribution is 5.38. The quantitative estimate of drug-likeness (QED) is 0.154. The van der Waals surface area contributed by atoms with Crippen LogP contribution >= 0.6 is 0 Å². The van der Waals surface area contributed by atoms with Gasteiger partial charge in [-0.1, -0.05) is 155 Å². The maximum absolute atomic E-state index is 6.90. The van der Waals surface area contributed by atoms with Crippen LogP contribution in [-0.4, -0.2) is 5.54 Å². The minimum absolute atomic E-state index is 0.0108. The average Bonchev–Trinajstić information content (AvgIpc) is 2.73. The summed E-state index contributed by atoms with van der Waals surface area (Å²) < 4.78 is 0. The highest BCUT2D eigenvalue weighted by atomic mass is 14.8. The van der Waals surface area contributed by atoms with Crippen LogP contribution < -0.4 is 5.73 Å². The molecular weight excluding hydrogens is 494 g/mol. The van der Waals surface area contributed by atoms with E-state index < -0.39 is 0 Å². The third-order valence-corrected chi connectivity index (χ3v) is 12.1. The first-order valence-corrected chi connectivity index (χ1v) is 15.9. The smallest absolute Gasteiger partial charge is 0.0212 e. The van der Waals surface area contributed by atoms with Gasteiger partial charge in [0.05, 0.1) is 0 Å². The van der Waals surface area contributed by atoms with Crippen molar-refractivity contribution in [2.45, 2.75) is 149 Å². The highest BCUT2D eigenvalue weighted by Gasteiger charge is 2.49. The maximum Gasteiger partial charge on any atom is 0.0212 e. The lowest BCUT2D eigenvalue weighted by molar-refractivity contribution is 0.0322. The summed E-state index contributed by atoms with van der Waals surface area (Å²) in [6, 6.07) is 0. The van der Waals surface area contributed by atoms with Crippen LogP contribution in [0.1, 0.15) is 144 Å². The second kappa shape index (κ2) is 12.3. The second-order valence-corrected chi connectivity index (χ2v) is 18.8. The minimum Gasteiger partial charge on any atom is -0.325 e. The van der Waals surface area contributed by atoms with Crippen molar-refractivity contribution < 1.29 is 0 Å². The molecule has 238 valence electrons. The van der Waals surface area contributed by atoms with Gasteiger partial charge in [0.15, 0.2) is 0 Å². The van der Waals surface area contributed by atoms with Gasteiger partial charge in [0, 0.05) is 5.54 Å². The molecule has 41 heavy (non-hydrogen) atoms. The van der Waals surface area contributed by atoms with Gasteiger partial charge in [0.25, 0.3) is 0 Å². The van der Waals surface area contributed by atoms with Crippen molar-refractivity contribution in [1.82, 2.24) is 0 Å². The van der Waals surface area contributed by atoms with Crippen LogP contribution in [0.5, 0.6) is 0 Å². The lowest BCUT2D eigenvalue weighted by Gasteiger charge is -2.52. The monoisotopic (exact) mass is 568 g/mol. The topological polar surface area (TPSA) is 26.0 Å². The zero-order chi connectivity index (χ0) is 33.3. The third-order valence-electron chi connectivity index (χ3n) is 12.1. The number of hydrogen-bond donors (Lipinski definition) is 1. The number of rotatable bonds is 15. The normalized spacial score (nSPS) is 17.0. The molecule has 0 bridgehead atoms. The van der Waals surface area contributed by atoms with Crippen LogP contribution in [0, 0.1) is 43.3 Å². The summed E-state index contributed by atoms with van der Waals surface area (Å²) in [4.78, 5) is 0. The molecule has 0 aliphatic heterocycles. The fourth-order valence-electron chi connectivity index (χ4n) is 5.90. The van der Waals surface area contributed by atoms with Crippen molar-refractivity contribution in [2.75, 3.05) is 0 Å². The Morgan fingerprint density at radius 3 is 1.41 bits per heavy atom. The molecule has 0 aromatic carbocycles. The van der Waals surface area contributed by atoms with E-state index in [1.54, 1.807) is 0 Å². The molecule has 0 spiro atoms. The fourth-order valence-corrected chi connectivity index (χ4v) is 5.90. The zero-order valence-electron chi connectivity index (χ0n) is 31.2. The van der Waals surface area contributed by atoms with E-state index in [0.29, 0.717) is 0 Å². The van der Waals surface area contributed by atoms with E-state index in [1.807, 2.05) is 6.08 Å². The number of nitrogens with two attached hydrogens (primary N) is 1. The van der Waals surface area contributed by atoms with E-state index in [0.717, 1.165) is 19.3 Å². The summed E-state index contributed by atoms with van der Waals surface area (Å²) in [6.45, 7) is 55.1. The van der Waals surface area contributed by atoms with E-state index in [9.17, 15) is 0 Å². The molecule has 0 amide bonds. The Morgan fingerprint density at radius 2 is 1.02 bits per heavy atom. The summed E-state index contributed by atoms with van der Waals surface area (Å²) in [5, 5.41) is 0. The molecule has 0 saturated heterocycles. The Hall–Kier alpha value is -1.34. The van der Waals surface area contributed by atoms with Crippen LogP contribution in [0.4, 0.5) is 0 Å². The Balaban J connectivity index is 6.92. The standard InChI is InChI=1S/C40H73N/c1-22-25-40(21,41)37(15,16)29-36(13,14)39(19,20)31(24-26-32(4,5)6)27-30(3)38(17,18)35(11,12)28-34(9,10)33(7,8)23-2/h22-24,26-27H,1-3,25,28-29,41H2,4-21H3/b26-24+,31-27+. The lowest BCUT2D eigenvalue weighted by Crippen LogP contribution is -2.53. The SMILES string of the molecule is C=CCC(C)(N)C(C)(C)CC(C)(C)C(C)(C)C(/C=C/C(C)(C)C)=C/C(=C)C(C)(C)C(C)(C)CC(C)(C)C(C)(C)C=C. The molecule has 1 atom stereocenters. The first-order chi connectivity index (χ1) is 17.8. The van der Waals surface area contributed by atoms with Crippen molar-refractivity contribution in [3.8, 4) is 0 Å². The predicted molar refractivity (Wildman–Crippen MR) is 189 cm³/mol. The van der Waals surface area contributed by atoms with Crippen LogP contribution in [0.2, 0.25) is 0 Å². The van der Waals surface area contributed by atoms with Gasteiger partial charge in [0.2, 0.25) is 0 Å². The van der Waals surface area contributed by atoms with Gasteiger partial charge in [0.1, 0.15) is 0 Å². The molecule has 0 rings (SSSR count). The molecule has 0 fully saturated rings. The molecule has 0 saturated carbocycles. The van der Waals surface area contributed by atoms with Gasteiger partial charge < -0.3 is 5.73 Å². The Morgan fingerprint density at radius 1 is 0.610 bits per heavy atom. The van der Waals surface area contributed by atoms with Crippen LogP contribution in [-0.2, 0) is 0 Å². The van der Waals surface area contributed by atoms with E-state index in [4.69, 9.17) is 12.3 Å². The molecular formula is C40H73N. The van der Waals surface area contributed by atoms with E-state index in [2.05, 4.69) is 162 Å². The minimum atomic E-state index is -0.338. The van der Waals surface area contributed by atoms with Crippen molar-refractivity contribution in [1.29, 1.82) is 0 Å². The molecule has 1 nitrogen and oxygen atoms in total. The summed E-state index contributed by atoms with van der Waals surface area (Å²) in [5.74, 6) is 0. The Bertz CT molecular complexity index is 990. The van der Waals surface area contributed by atoms with E-state index >= 15 is 0 Å². The Kier molecular flexibility index (Phi) is 11.9. The first kappa shape index (κ1) is 39.7. The summed E-state index contributed by atoms with van der Waals surface area (Å²) >= 11 is 0. The summed E-state index contributed by atoms with van der Waals surface area (Å²) in [5.41, 5.74) is 8.90. The molecule has 0 heterocycles. The summed E-state index contributed by atoms with van der Waals surface area (Å²) in [7, 11) is 0. The molecule has 0 radical (unpaired) electrons. The summed E-state index contributed by atoms with van der Waals surface area (Å²) in [6.07, 6.45) is 14.1. The van der Waals surface area contributed by atoms with Crippen molar-refractivity contribution in [3.63, 3.8) is 0 Å². The fraction of sp³-hybridized carbons (Fsp3) is 0.750. The maximum atomic E-state index is 6.90. The molecule has 1 unspecified atom stereocenters. The lowest BCUT2D eigenvalue weighted by atomic mass is 9.53. The van der Waals surface area contributed by atoms with Crippen LogP contribution in [0.15, 0.2) is 61.3 Å². The average molecular weight is 568 g/mol. The van der Waals surface area contributed by atoms with Crippen molar-refractivity contribution in [2.24, 2.45) is 49.1 Å². The molecule has 0 aromatic rings. The van der Waals surface area contributed by atoms with Gasteiger partial charge in [-0.3, -0.25) is 0 Å². The third kappa shape index (κ3) is 9.08. The highest BCUT2D eigenvalue weighted by Crippen LogP contribution is 2.57. The van der Waals surface area contributed by atoms with Crippen LogP contribution in [0.25, 0.3) is 0 Å². The number of allylic oxidation sites excluding steroid dienone is 6. The van der Waals surface area contributed by atoms with Gasteiger partial charge >= 0.3 is 0 Å². The van der Waals surface area contributed by atoms with Gasteiger partial charge in [-0.25, -0.2) is 0 Å². The Labute approximate surface area is 259 Å². The van der Waals surface area contributed by atoms with E-state index in [1.165, 1.54) is 11.1 Å². The zero-order valence-corrected chi connectivity index (χ0v) is 31.2. The second-order valence-electron chi connectivity index (χ2n) is 18.8. The first-order valence-electron chi connectivity index (χ1n) is 15.9. The molecule has 2 N–H and O–H groups in total. The largest absolute Gasteiger partial charge is 0.325 e. The number of hydrogen-bond acceptors (Lipinski definition) is 1. The molecule has 0 aliphatic rings. The molecule has 0 aromatic heterocycles. The van der Waals surface area contributed by atoms with Gasteiger partial charge in [-0.15, -0.1) is 13.2 Å². The van der Waals surface area contributed by atoms with Crippen molar-refractivity contribution in [3.05, 3.63) is 61.3 Å². The molecule has 0 aliphatic carbocycles. The molecule has 1 heteroatoms. The van der Waals surface area contributed by atoms with Crippen LogP contribution in [0.3, 0.4) is 0 Å². The van der Waals surface area contributed by atoms with Crippen molar-refractivity contribution >= 4 is 0 Å². The van der Waals surface area contributed by atoms with Gasteiger partial charge in [-0.05, 0) is 80.7 Å². The van der Waals surface area contributed by atoms with Gasteiger partial charge in [-0.2, -0.15) is 0 Å². The van der Waals surface area contributed by atoms with E-state index in [-0.39, 0.29) is 48.9 Å². The predicted octanol–water partition coefficient (Wildman–Crippen LogP) is 12.5.